The summed E-state index contributed by atoms with van der Waals surface area (Å²) >= 11 is 0. The van der Waals surface area contributed by atoms with E-state index in [1.54, 1.807) is 0 Å². The standard InChI is InChI=1S/C28H32N2O5/c31-25(32)16-30(15-19-11-12-19)26(33)28(13-5-6-14-28)18-29-27(34)35-17-24-22-9-3-1-7-20(22)21-8-2-4-10-23(21)24/h1-4,7-10,19,24H,5-6,11-18H2,(H,29,34)(H,31,32). The molecule has 184 valence electrons. The lowest BCUT2D eigenvalue weighted by molar-refractivity contribution is -0.150. The number of ether oxygens (including phenoxy) is 1. The molecule has 2 N–H and O–H groups in total. The van der Waals surface area contributed by atoms with Crippen molar-refractivity contribution in [1.29, 1.82) is 0 Å². The van der Waals surface area contributed by atoms with Gasteiger partial charge in [-0.3, -0.25) is 9.59 Å². The molecule has 5 rings (SSSR count). The molecule has 3 aliphatic rings. The van der Waals surface area contributed by atoms with Crippen LogP contribution in [0.3, 0.4) is 0 Å². The van der Waals surface area contributed by atoms with Crippen LogP contribution in [0.25, 0.3) is 11.1 Å². The summed E-state index contributed by atoms with van der Waals surface area (Å²) in [4.78, 5) is 39.1. The summed E-state index contributed by atoms with van der Waals surface area (Å²) in [6, 6.07) is 16.4. The first-order valence-corrected chi connectivity index (χ1v) is 12.6. The molecule has 3 aliphatic carbocycles. The molecule has 0 aliphatic heterocycles. The molecule has 0 saturated heterocycles. The molecule has 0 atom stereocenters. The lowest BCUT2D eigenvalue weighted by atomic mass is 9.84. The number of aliphatic carboxylic acids is 1. The molecule has 0 heterocycles. The Morgan fingerprint density at radius 3 is 2.14 bits per heavy atom. The van der Waals surface area contributed by atoms with E-state index in [-0.39, 0.29) is 31.5 Å². The van der Waals surface area contributed by atoms with Gasteiger partial charge in [0, 0.05) is 19.0 Å². The Hall–Kier alpha value is -3.35. The third-order valence-electron chi connectivity index (χ3n) is 7.72. The highest BCUT2D eigenvalue weighted by atomic mass is 16.5. The molecule has 0 bridgehead atoms. The largest absolute Gasteiger partial charge is 0.480 e. The van der Waals surface area contributed by atoms with Gasteiger partial charge in [-0.25, -0.2) is 4.79 Å². The maximum Gasteiger partial charge on any atom is 0.407 e. The van der Waals surface area contributed by atoms with Gasteiger partial charge >= 0.3 is 12.1 Å². The zero-order chi connectivity index (χ0) is 24.4. The lowest BCUT2D eigenvalue weighted by Crippen LogP contribution is -2.50. The van der Waals surface area contributed by atoms with E-state index in [4.69, 9.17) is 4.74 Å². The van der Waals surface area contributed by atoms with Crippen LogP contribution in [0.15, 0.2) is 48.5 Å². The number of carboxylic acids is 1. The Balaban J connectivity index is 1.23. The number of fused-ring (bicyclic) bond motifs is 3. The van der Waals surface area contributed by atoms with Crippen LogP contribution >= 0.6 is 0 Å². The summed E-state index contributed by atoms with van der Waals surface area (Å²) in [5.74, 6) is -0.786. The van der Waals surface area contributed by atoms with E-state index in [1.165, 1.54) is 16.0 Å². The van der Waals surface area contributed by atoms with Crippen molar-refractivity contribution < 1.29 is 24.2 Å². The second-order valence-electron chi connectivity index (χ2n) is 10.2. The average Bonchev–Trinajstić information content (AvgIpc) is 3.44. The van der Waals surface area contributed by atoms with E-state index in [0.29, 0.717) is 25.3 Å². The van der Waals surface area contributed by atoms with Gasteiger partial charge in [-0.05, 0) is 53.9 Å². The molecule has 35 heavy (non-hydrogen) atoms. The van der Waals surface area contributed by atoms with Gasteiger partial charge in [0.2, 0.25) is 5.91 Å². The number of carbonyl (C=O) groups excluding carboxylic acids is 2. The number of hydrogen-bond donors (Lipinski definition) is 2. The number of amides is 2. The molecule has 7 nitrogen and oxygen atoms in total. The van der Waals surface area contributed by atoms with Crippen molar-refractivity contribution in [1.82, 2.24) is 10.2 Å². The first kappa shape index (κ1) is 23.4. The van der Waals surface area contributed by atoms with Gasteiger partial charge in [-0.2, -0.15) is 0 Å². The van der Waals surface area contributed by atoms with Gasteiger partial charge in [-0.15, -0.1) is 0 Å². The van der Waals surface area contributed by atoms with E-state index in [0.717, 1.165) is 36.8 Å². The maximum atomic E-state index is 13.5. The normalized spacial score (nSPS) is 17.9. The highest BCUT2D eigenvalue weighted by molar-refractivity contribution is 5.87. The predicted octanol–water partition coefficient (Wildman–Crippen LogP) is 4.41. The second-order valence-corrected chi connectivity index (χ2v) is 10.2. The van der Waals surface area contributed by atoms with Crippen LogP contribution in [0, 0.1) is 11.3 Å². The number of nitrogens with zero attached hydrogens (tertiary/aromatic N) is 1. The predicted molar refractivity (Wildman–Crippen MR) is 131 cm³/mol. The first-order chi connectivity index (χ1) is 17.0. The summed E-state index contributed by atoms with van der Waals surface area (Å²) in [6.07, 6.45) is 4.61. The third kappa shape index (κ3) is 4.90. The number of alkyl carbamates (subject to hydrolysis) is 1. The third-order valence-corrected chi connectivity index (χ3v) is 7.72. The summed E-state index contributed by atoms with van der Waals surface area (Å²) < 4.78 is 5.65. The molecule has 0 radical (unpaired) electrons. The van der Waals surface area contributed by atoms with E-state index < -0.39 is 17.5 Å². The maximum absolute atomic E-state index is 13.5. The van der Waals surface area contributed by atoms with E-state index in [1.807, 2.05) is 24.3 Å². The molecule has 2 aromatic rings. The minimum Gasteiger partial charge on any atom is -0.480 e. The summed E-state index contributed by atoms with van der Waals surface area (Å²) in [5.41, 5.74) is 3.88. The molecule has 2 amide bonds. The number of nitrogens with one attached hydrogen (secondary N) is 1. The summed E-state index contributed by atoms with van der Waals surface area (Å²) in [5, 5.41) is 12.2. The highest BCUT2D eigenvalue weighted by Crippen LogP contribution is 2.44. The van der Waals surface area contributed by atoms with Crippen LogP contribution in [0.5, 0.6) is 0 Å². The number of carboxylic acid groups (broad SMARTS) is 1. The van der Waals surface area contributed by atoms with Gasteiger partial charge in [0.25, 0.3) is 0 Å². The Labute approximate surface area is 205 Å². The van der Waals surface area contributed by atoms with Crippen LogP contribution in [0.2, 0.25) is 0 Å². The molecule has 0 aromatic heterocycles. The second kappa shape index (κ2) is 9.72. The van der Waals surface area contributed by atoms with Gasteiger partial charge in [0.1, 0.15) is 13.2 Å². The van der Waals surface area contributed by atoms with E-state index in [9.17, 15) is 19.5 Å². The molecule has 2 aromatic carbocycles. The number of carbonyl (C=O) groups is 3. The van der Waals surface area contributed by atoms with E-state index >= 15 is 0 Å². The van der Waals surface area contributed by atoms with Gasteiger partial charge in [0.05, 0.1) is 5.41 Å². The monoisotopic (exact) mass is 476 g/mol. The Bertz CT molecular complexity index is 1070. The average molecular weight is 477 g/mol. The summed E-state index contributed by atoms with van der Waals surface area (Å²) in [7, 11) is 0. The fraction of sp³-hybridized carbons (Fsp3) is 0.464. The topological polar surface area (TPSA) is 95.9 Å². The molecular weight excluding hydrogens is 444 g/mol. The smallest absolute Gasteiger partial charge is 0.407 e. The van der Waals surface area contributed by atoms with Crippen LogP contribution < -0.4 is 5.32 Å². The van der Waals surface area contributed by atoms with Crippen LogP contribution in [-0.4, -0.2) is 54.2 Å². The van der Waals surface area contributed by atoms with Crippen molar-refractivity contribution in [3.05, 3.63) is 59.7 Å². The van der Waals surface area contributed by atoms with Crippen molar-refractivity contribution in [2.75, 3.05) is 26.2 Å². The fourth-order valence-corrected chi connectivity index (χ4v) is 5.74. The Morgan fingerprint density at radius 1 is 0.971 bits per heavy atom. The quantitative estimate of drug-likeness (QED) is 0.559. The first-order valence-electron chi connectivity index (χ1n) is 12.6. The van der Waals surface area contributed by atoms with Crippen LogP contribution in [0.1, 0.15) is 55.6 Å². The van der Waals surface area contributed by atoms with Crippen molar-refractivity contribution in [3.8, 4) is 11.1 Å². The lowest BCUT2D eigenvalue weighted by Gasteiger charge is -2.34. The van der Waals surface area contributed by atoms with Crippen molar-refractivity contribution in [3.63, 3.8) is 0 Å². The molecule has 0 spiro atoms. The summed E-state index contributed by atoms with van der Waals surface area (Å²) in [6.45, 7) is 0.580. The van der Waals surface area contributed by atoms with Gasteiger partial charge < -0.3 is 20.1 Å². The SMILES string of the molecule is O=C(O)CN(CC1CC1)C(=O)C1(CNC(=O)OCC2c3ccccc3-c3ccccc32)CCCC1. The van der Waals surface area contributed by atoms with Crippen LogP contribution in [0.4, 0.5) is 4.79 Å². The molecule has 2 saturated carbocycles. The van der Waals surface area contributed by atoms with E-state index in [2.05, 4.69) is 29.6 Å². The molecular formula is C28H32N2O5. The number of rotatable bonds is 9. The molecule has 0 unspecified atom stereocenters. The van der Waals surface area contributed by atoms with Gasteiger partial charge in [0.15, 0.2) is 0 Å². The van der Waals surface area contributed by atoms with Crippen LogP contribution in [-0.2, 0) is 14.3 Å². The number of hydrogen-bond acceptors (Lipinski definition) is 4. The van der Waals surface area contributed by atoms with Gasteiger partial charge in [-0.1, -0.05) is 61.4 Å². The van der Waals surface area contributed by atoms with Crippen molar-refractivity contribution >= 4 is 18.0 Å². The molecule has 2 fully saturated rings. The zero-order valence-electron chi connectivity index (χ0n) is 19.9. The Kier molecular flexibility index (Phi) is 6.50. The Morgan fingerprint density at radius 2 is 1.57 bits per heavy atom. The molecule has 7 heteroatoms. The highest BCUT2D eigenvalue weighted by Gasteiger charge is 2.45. The minimum absolute atomic E-state index is 0.0279. The van der Waals surface area contributed by atoms with Crippen molar-refractivity contribution in [2.45, 2.75) is 44.4 Å². The number of benzene rings is 2. The fourth-order valence-electron chi connectivity index (χ4n) is 5.74. The van der Waals surface area contributed by atoms with Crippen molar-refractivity contribution in [2.24, 2.45) is 11.3 Å². The minimum atomic E-state index is -1.00. The zero-order valence-corrected chi connectivity index (χ0v) is 19.9.